The Balaban J connectivity index is 0. The van der Waals surface area contributed by atoms with Crippen molar-refractivity contribution in [2.75, 3.05) is 40.8 Å². The maximum absolute atomic E-state index is 11.4. The summed E-state index contributed by atoms with van der Waals surface area (Å²) in [6.07, 6.45) is -1.19. The number of carbonyl (C=O) groups excluding carboxylic acids is 6. The van der Waals surface area contributed by atoms with Gasteiger partial charge in [-0.15, -0.1) is 0 Å². The number of imide groups is 1. The van der Waals surface area contributed by atoms with Crippen LogP contribution in [-0.2, 0) is 43.1 Å². The van der Waals surface area contributed by atoms with E-state index in [1.807, 2.05) is 0 Å². The molecular weight excluding hydrogens is 550 g/mol. The molecule has 7 N–H and O–H groups in total. The minimum Gasteiger partial charge on any atom is -0.481 e. The Morgan fingerprint density at radius 1 is 0.927 bits per heavy atom. The van der Waals surface area contributed by atoms with E-state index >= 15 is 0 Å². The van der Waals surface area contributed by atoms with Crippen molar-refractivity contribution in [1.82, 2.24) is 26.2 Å². The molecule has 41 heavy (non-hydrogen) atoms. The number of aliphatic carboxylic acids is 2. The molecule has 0 bridgehead atoms. The van der Waals surface area contributed by atoms with E-state index in [0.717, 1.165) is 4.90 Å². The van der Waals surface area contributed by atoms with E-state index in [-0.39, 0.29) is 68.1 Å². The lowest BCUT2D eigenvalue weighted by molar-refractivity contribution is -0.152. The topological polar surface area (TPSA) is 258 Å². The first-order valence-corrected chi connectivity index (χ1v) is 12.4. The number of ketones is 3. The number of esters is 1. The van der Waals surface area contributed by atoms with Crippen molar-refractivity contribution in [3.8, 4) is 0 Å². The number of ether oxygens (including phenoxy) is 1. The van der Waals surface area contributed by atoms with Crippen molar-refractivity contribution in [3.05, 3.63) is 0 Å². The van der Waals surface area contributed by atoms with Crippen LogP contribution in [0, 0.1) is 0 Å². The van der Waals surface area contributed by atoms with E-state index < -0.39 is 42.3 Å². The van der Waals surface area contributed by atoms with Crippen molar-refractivity contribution in [2.24, 2.45) is 0 Å². The van der Waals surface area contributed by atoms with Crippen LogP contribution in [0.5, 0.6) is 0 Å². The second-order valence-electron chi connectivity index (χ2n) is 8.83. The van der Waals surface area contributed by atoms with Crippen LogP contribution in [0.15, 0.2) is 0 Å². The van der Waals surface area contributed by atoms with Gasteiger partial charge < -0.3 is 36.0 Å². The van der Waals surface area contributed by atoms with E-state index in [4.69, 9.17) is 10.2 Å². The number of rotatable bonds is 16. The van der Waals surface area contributed by atoms with Crippen LogP contribution in [-0.4, -0.2) is 132 Å². The number of aliphatic hydroxyl groups is 1. The van der Waals surface area contributed by atoms with E-state index in [9.17, 15) is 43.5 Å². The summed E-state index contributed by atoms with van der Waals surface area (Å²) in [5, 5.41) is 36.6. The summed E-state index contributed by atoms with van der Waals surface area (Å²) < 4.78 is 4.54. The molecule has 17 heteroatoms. The van der Waals surface area contributed by atoms with Gasteiger partial charge in [0.25, 0.3) is 0 Å². The molecule has 1 aliphatic heterocycles. The second kappa shape index (κ2) is 21.2. The van der Waals surface area contributed by atoms with Crippen molar-refractivity contribution in [1.29, 1.82) is 0 Å². The van der Waals surface area contributed by atoms with Crippen LogP contribution in [0.2, 0.25) is 0 Å². The van der Waals surface area contributed by atoms with Crippen LogP contribution in [0.25, 0.3) is 0 Å². The van der Waals surface area contributed by atoms with Crippen molar-refractivity contribution < 1.29 is 58.4 Å². The smallest absolute Gasteiger partial charge is 0.324 e. The number of nitrogens with zero attached hydrogens (tertiary/aromatic N) is 1. The number of likely N-dealkylation sites (N-methyl/N-ethyl adjacent to an activating group) is 3. The molecule has 1 fully saturated rings. The van der Waals surface area contributed by atoms with Crippen LogP contribution in [0.3, 0.4) is 0 Å². The van der Waals surface area contributed by atoms with Crippen LogP contribution >= 0.6 is 0 Å². The molecule has 1 heterocycles. The van der Waals surface area contributed by atoms with E-state index in [1.54, 1.807) is 7.05 Å². The highest BCUT2D eigenvalue weighted by atomic mass is 16.5. The zero-order chi connectivity index (χ0) is 32.3. The Labute approximate surface area is 237 Å². The first-order valence-electron chi connectivity index (χ1n) is 12.4. The van der Waals surface area contributed by atoms with E-state index in [0.29, 0.717) is 0 Å². The fourth-order valence-electron chi connectivity index (χ4n) is 2.96. The molecular formula is C24H41N5O12. The molecule has 1 saturated heterocycles. The standard InChI is InChI=1S/C8H16N2O4.C8H12N2O3.C8H13NO5/c1-5(11)4-10-7(12)3-6(9-2)8(13)14;1-5(11)4-10-7(12)3-6(9-2)8(10)13;1-5(10)4-14-8(13)6(9-2)3-7(11)12/h6-7,9-10,12H,3-4H2,1-2H3,(H,13,14);6,9H,3-4H2,1-2H3;6,9H,3-4H2,1-2H3,(H,11,12). The lowest BCUT2D eigenvalue weighted by Gasteiger charge is -2.16. The van der Waals surface area contributed by atoms with Gasteiger partial charge in [-0.1, -0.05) is 0 Å². The lowest BCUT2D eigenvalue weighted by Crippen LogP contribution is -2.42. The van der Waals surface area contributed by atoms with Gasteiger partial charge in [0.1, 0.15) is 36.5 Å². The van der Waals surface area contributed by atoms with E-state index in [1.165, 1.54) is 34.9 Å². The molecule has 0 radical (unpaired) electrons. The number of nitrogens with one attached hydrogen (secondary N) is 4. The molecule has 4 atom stereocenters. The molecule has 1 aliphatic rings. The average molecular weight is 592 g/mol. The normalized spacial score (nSPS) is 16.3. The summed E-state index contributed by atoms with van der Waals surface area (Å²) >= 11 is 0. The molecule has 2 amide bonds. The predicted octanol–water partition coefficient (Wildman–Crippen LogP) is -3.35. The fraction of sp³-hybridized carbons (Fsp3) is 0.667. The summed E-state index contributed by atoms with van der Waals surface area (Å²) in [6, 6.07) is -2.18. The molecule has 0 aliphatic carbocycles. The molecule has 4 unspecified atom stereocenters. The Morgan fingerprint density at radius 3 is 1.85 bits per heavy atom. The first kappa shape index (κ1) is 39.5. The maximum atomic E-state index is 11.4. The number of amides is 2. The zero-order valence-corrected chi connectivity index (χ0v) is 24.0. The van der Waals surface area contributed by atoms with Crippen molar-refractivity contribution >= 4 is 47.1 Å². The highest BCUT2D eigenvalue weighted by Gasteiger charge is 2.37. The van der Waals surface area contributed by atoms with Gasteiger partial charge in [0.2, 0.25) is 11.8 Å². The van der Waals surface area contributed by atoms with Gasteiger partial charge in [-0.2, -0.15) is 0 Å². The van der Waals surface area contributed by atoms with Crippen molar-refractivity contribution in [2.45, 2.75) is 64.4 Å². The second-order valence-corrected chi connectivity index (χ2v) is 8.83. The van der Waals surface area contributed by atoms with Crippen LogP contribution in [0.4, 0.5) is 0 Å². The number of carboxylic acids is 2. The van der Waals surface area contributed by atoms with Gasteiger partial charge in [-0.05, 0) is 41.9 Å². The predicted molar refractivity (Wildman–Crippen MR) is 141 cm³/mol. The highest BCUT2D eigenvalue weighted by molar-refractivity contribution is 6.07. The quantitative estimate of drug-likeness (QED) is 0.0525. The lowest BCUT2D eigenvalue weighted by atomic mass is 10.2. The number of hydrogen-bond donors (Lipinski definition) is 7. The molecule has 0 aromatic carbocycles. The largest absolute Gasteiger partial charge is 0.481 e. The molecule has 0 aromatic rings. The van der Waals surface area contributed by atoms with Gasteiger partial charge in [0.15, 0.2) is 5.78 Å². The molecule has 0 spiro atoms. The summed E-state index contributed by atoms with van der Waals surface area (Å²) in [5.74, 6) is -4.03. The van der Waals surface area contributed by atoms with Gasteiger partial charge in [0, 0.05) is 6.42 Å². The average Bonchev–Trinajstić information content (AvgIpc) is 3.15. The molecule has 17 nitrogen and oxygen atoms in total. The van der Waals surface area contributed by atoms with Gasteiger partial charge in [0.05, 0.1) is 32.0 Å². The summed E-state index contributed by atoms with van der Waals surface area (Å²) in [5.41, 5.74) is 0. The zero-order valence-electron chi connectivity index (χ0n) is 24.0. The van der Waals surface area contributed by atoms with Crippen molar-refractivity contribution in [3.63, 3.8) is 0 Å². The Kier molecular flexibility index (Phi) is 20.4. The van der Waals surface area contributed by atoms with Gasteiger partial charge in [-0.3, -0.25) is 48.6 Å². The third-order valence-corrected chi connectivity index (χ3v) is 5.09. The Bertz CT molecular complexity index is 942. The maximum Gasteiger partial charge on any atom is 0.324 e. The number of hydrogen-bond acceptors (Lipinski definition) is 14. The Hall–Kier alpha value is -3.64. The SMILES string of the molecule is CNC(CC(=O)O)C(=O)OCC(C)=O.CNC(CC(O)NCC(C)=O)C(=O)O.CNC1CC(=O)N(CC(C)=O)C1=O. The Morgan fingerprint density at radius 2 is 1.49 bits per heavy atom. The molecule has 0 aromatic heterocycles. The number of aliphatic hydroxyl groups excluding tert-OH is 1. The molecule has 0 saturated carbocycles. The summed E-state index contributed by atoms with van der Waals surface area (Å²) in [7, 11) is 4.56. The van der Waals surface area contributed by atoms with Gasteiger partial charge >= 0.3 is 17.9 Å². The summed E-state index contributed by atoms with van der Waals surface area (Å²) in [4.78, 5) is 87.2. The fourth-order valence-corrected chi connectivity index (χ4v) is 2.96. The van der Waals surface area contributed by atoms with Crippen LogP contribution in [0.1, 0.15) is 40.0 Å². The minimum absolute atomic E-state index is 0.0130. The third-order valence-electron chi connectivity index (χ3n) is 5.09. The number of carboxylic acid groups (broad SMARTS) is 2. The van der Waals surface area contributed by atoms with E-state index in [2.05, 4.69) is 26.0 Å². The summed E-state index contributed by atoms with van der Waals surface area (Å²) in [6.45, 7) is 3.63. The van der Waals surface area contributed by atoms with Gasteiger partial charge in [-0.25, -0.2) is 0 Å². The number of Topliss-reactive ketones (excluding diaryl/α,β-unsaturated/α-hetero) is 3. The van der Waals surface area contributed by atoms with Crippen LogP contribution < -0.4 is 21.3 Å². The monoisotopic (exact) mass is 591 g/mol. The molecule has 234 valence electrons. The number of carbonyl (C=O) groups is 8. The number of likely N-dealkylation sites (tertiary alicyclic amines) is 1. The minimum atomic E-state index is -1.11. The first-order chi connectivity index (χ1) is 19.0. The third kappa shape index (κ3) is 18.4. The highest BCUT2D eigenvalue weighted by Crippen LogP contribution is 2.11. The molecule has 1 rings (SSSR count).